The molecule has 5 rings (SSSR count). The molecule has 10 heteroatoms. The number of H-pyrrole nitrogens is 1. The van der Waals surface area contributed by atoms with Gasteiger partial charge in [0.25, 0.3) is 0 Å². The Labute approximate surface area is 180 Å². The normalized spacial score (nSPS) is 21.8. The fourth-order valence-electron chi connectivity index (χ4n) is 4.25. The lowest BCUT2D eigenvalue weighted by Gasteiger charge is -2.32. The van der Waals surface area contributed by atoms with Crippen molar-refractivity contribution < 1.29 is 17.6 Å². The van der Waals surface area contributed by atoms with Gasteiger partial charge in [0.2, 0.25) is 5.95 Å². The van der Waals surface area contributed by atoms with Crippen molar-refractivity contribution in [3.63, 3.8) is 0 Å². The van der Waals surface area contributed by atoms with Crippen LogP contribution in [0.4, 0.5) is 23.5 Å². The van der Waals surface area contributed by atoms with E-state index in [1.165, 1.54) is 6.07 Å². The van der Waals surface area contributed by atoms with Crippen molar-refractivity contribution in [2.45, 2.75) is 43.7 Å². The van der Waals surface area contributed by atoms with E-state index in [9.17, 15) is 17.6 Å². The molecule has 166 valence electrons. The highest BCUT2D eigenvalue weighted by Gasteiger charge is 2.32. The van der Waals surface area contributed by atoms with Gasteiger partial charge in [-0.15, -0.1) is 0 Å². The summed E-state index contributed by atoms with van der Waals surface area (Å²) in [5, 5.41) is 4.44. The number of nitrogens with zero attached hydrogens (tertiary/aromatic N) is 3. The number of pyridine rings is 1. The lowest BCUT2D eigenvalue weighted by atomic mass is 9.89. The van der Waals surface area contributed by atoms with E-state index in [-0.39, 0.29) is 6.04 Å². The molecule has 32 heavy (non-hydrogen) atoms. The standard InChI is InChI=1S/C22H20F4N6/c23-16-2-1-3-17(19(16)27)31-21-30-8-11-7-28-9-15(20(11)32-21)14-10-29-18-6-12(22(24,25)26)4-5-13(14)18/h4-10,16-17,19,29H,1-3,27H2,(H,30,31,32). The van der Waals surface area contributed by atoms with Gasteiger partial charge in [-0.05, 0) is 31.4 Å². The van der Waals surface area contributed by atoms with Crippen LogP contribution in [0.1, 0.15) is 24.8 Å². The highest BCUT2D eigenvalue weighted by molar-refractivity contribution is 6.03. The smallest absolute Gasteiger partial charge is 0.361 e. The number of aromatic nitrogens is 4. The zero-order valence-electron chi connectivity index (χ0n) is 16.8. The summed E-state index contributed by atoms with van der Waals surface area (Å²) >= 11 is 0. The van der Waals surface area contributed by atoms with Gasteiger partial charge in [0.05, 0.1) is 17.1 Å². The first-order valence-electron chi connectivity index (χ1n) is 10.3. The van der Waals surface area contributed by atoms with E-state index in [1.54, 1.807) is 24.8 Å². The van der Waals surface area contributed by atoms with Gasteiger partial charge in [-0.3, -0.25) is 4.98 Å². The highest BCUT2D eigenvalue weighted by atomic mass is 19.4. The van der Waals surface area contributed by atoms with Crippen LogP contribution in [-0.4, -0.2) is 38.2 Å². The highest BCUT2D eigenvalue weighted by Crippen LogP contribution is 2.36. The third-order valence-electron chi connectivity index (χ3n) is 5.98. The number of fused-ring (bicyclic) bond motifs is 2. The minimum absolute atomic E-state index is 0.282. The van der Waals surface area contributed by atoms with Crippen molar-refractivity contribution >= 4 is 27.8 Å². The van der Waals surface area contributed by atoms with Gasteiger partial charge in [0, 0.05) is 58.2 Å². The summed E-state index contributed by atoms with van der Waals surface area (Å²) in [6, 6.07) is 2.65. The SMILES string of the molecule is NC1C(F)CCCC1Nc1ncc2cncc(-c3c[nH]c4cc(C(F)(F)F)ccc34)c2n1. The van der Waals surface area contributed by atoms with Gasteiger partial charge < -0.3 is 16.0 Å². The summed E-state index contributed by atoms with van der Waals surface area (Å²) in [6.07, 6.45) is 2.87. The first-order chi connectivity index (χ1) is 15.3. The quantitative estimate of drug-likeness (QED) is 0.394. The Kier molecular flexibility index (Phi) is 4.96. The molecule has 4 N–H and O–H groups in total. The van der Waals surface area contributed by atoms with Crippen LogP contribution in [0, 0.1) is 0 Å². The number of alkyl halides is 4. The number of nitrogens with two attached hydrogens (primary N) is 1. The topological polar surface area (TPSA) is 92.5 Å². The zero-order valence-corrected chi connectivity index (χ0v) is 16.8. The number of rotatable bonds is 3. The van der Waals surface area contributed by atoms with Crippen molar-refractivity contribution in [3.8, 4) is 11.1 Å². The van der Waals surface area contributed by atoms with Crippen LogP contribution in [0.25, 0.3) is 32.9 Å². The number of anilines is 1. The molecule has 1 aliphatic rings. The van der Waals surface area contributed by atoms with Gasteiger partial charge in [0.1, 0.15) is 6.17 Å². The van der Waals surface area contributed by atoms with Crippen molar-refractivity contribution in [1.29, 1.82) is 0 Å². The lowest BCUT2D eigenvalue weighted by Crippen LogP contribution is -2.49. The third-order valence-corrected chi connectivity index (χ3v) is 5.98. The average Bonchev–Trinajstić information content (AvgIpc) is 3.19. The second-order valence-electron chi connectivity index (χ2n) is 8.05. The van der Waals surface area contributed by atoms with E-state index in [0.29, 0.717) is 45.3 Å². The van der Waals surface area contributed by atoms with Crippen LogP contribution in [0.2, 0.25) is 0 Å². The molecule has 3 heterocycles. The van der Waals surface area contributed by atoms with Crippen LogP contribution >= 0.6 is 0 Å². The molecule has 4 aromatic rings. The van der Waals surface area contributed by atoms with Crippen LogP contribution < -0.4 is 11.1 Å². The number of aromatic amines is 1. The maximum atomic E-state index is 14.0. The summed E-state index contributed by atoms with van der Waals surface area (Å²) < 4.78 is 53.2. The van der Waals surface area contributed by atoms with E-state index in [2.05, 4.69) is 25.3 Å². The molecule has 1 fully saturated rings. The number of hydrogen-bond donors (Lipinski definition) is 3. The van der Waals surface area contributed by atoms with E-state index in [1.807, 2.05) is 0 Å². The zero-order chi connectivity index (χ0) is 22.5. The van der Waals surface area contributed by atoms with E-state index < -0.39 is 24.0 Å². The Morgan fingerprint density at radius 2 is 1.94 bits per heavy atom. The Bertz CT molecular complexity index is 1280. The third kappa shape index (κ3) is 3.64. The molecule has 1 aliphatic carbocycles. The molecule has 3 atom stereocenters. The second kappa shape index (κ2) is 7.70. The van der Waals surface area contributed by atoms with Crippen LogP contribution in [-0.2, 0) is 6.18 Å². The maximum absolute atomic E-state index is 14.0. The Morgan fingerprint density at radius 3 is 2.75 bits per heavy atom. The first-order valence-corrected chi connectivity index (χ1v) is 10.3. The minimum Gasteiger partial charge on any atom is -0.361 e. The number of hydrogen-bond acceptors (Lipinski definition) is 5. The Balaban J connectivity index is 1.55. The van der Waals surface area contributed by atoms with Gasteiger partial charge in [0.15, 0.2) is 0 Å². The van der Waals surface area contributed by atoms with Crippen LogP contribution in [0.3, 0.4) is 0 Å². The fraction of sp³-hybridized carbons (Fsp3) is 0.318. The first kappa shape index (κ1) is 20.6. The average molecular weight is 444 g/mol. The van der Waals surface area contributed by atoms with E-state index in [4.69, 9.17) is 5.73 Å². The summed E-state index contributed by atoms with van der Waals surface area (Å²) in [6.45, 7) is 0. The predicted octanol–water partition coefficient (Wildman–Crippen LogP) is 4.82. The summed E-state index contributed by atoms with van der Waals surface area (Å²) in [5.74, 6) is 0.318. The summed E-state index contributed by atoms with van der Waals surface area (Å²) in [7, 11) is 0. The van der Waals surface area contributed by atoms with Crippen molar-refractivity contribution in [1.82, 2.24) is 19.9 Å². The van der Waals surface area contributed by atoms with Gasteiger partial charge in [-0.1, -0.05) is 6.07 Å². The molecule has 0 spiro atoms. The molecular formula is C22H20F4N6. The monoisotopic (exact) mass is 444 g/mol. The summed E-state index contributed by atoms with van der Waals surface area (Å²) in [5.41, 5.74) is 7.55. The summed E-state index contributed by atoms with van der Waals surface area (Å²) in [4.78, 5) is 16.1. The molecule has 0 amide bonds. The molecular weight excluding hydrogens is 424 g/mol. The molecule has 1 saturated carbocycles. The molecule has 0 saturated heterocycles. The van der Waals surface area contributed by atoms with E-state index >= 15 is 0 Å². The molecule has 0 radical (unpaired) electrons. The van der Waals surface area contributed by atoms with Gasteiger partial charge in [-0.2, -0.15) is 13.2 Å². The molecule has 0 aliphatic heterocycles. The molecule has 3 unspecified atom stereocenters. The Morgan fingerprint density at radius 1 is 1.09 bits per heavy atom. The minimum atomic E-state index is -4.42. The molecule has 0 bridgehead atoms. The predicted molar refractivity (Wildman–Crippen MR) is 114 cm³/mol. The Hall–Kier alpha value is -3.27. The molecule has 6 nitrogen and oxygen atoms in total. The molecule has 3 aromatic heterocycles. The van der Waals surface area contributed by atoms with E-state index in [0.717, 1.165) is 25.0 Å². The van der Waals surface area contributed by atoms with Crippen LogP contribution in [0.5, 0.6) is 0 Å². The lowest BCUT2D eigenvalue weighted by molar-refractivity contribution is -0.137. The van der Waals surface area contributed by atoms with Crippen molar-refractivity contribution in [2.75, 3.05) is 5.32 Å². The second-order valence-corrected chi connectivity index (χ2v) is 8.05. The van der Waals surface area contributed by atoms with Gasteiger partial charge in [-0.25, -0.2) is 14.4 Å². The molecule has 1 aromatic carbocycles. The number of nitrogens with one attached hydrogen (secondary N) is 2. The van der Waals surface area contributed by atoms with Crippen molar-refractivity contribution in [3.05, 3.63) is 48.5 Å². The largest absolute Gasteiger partial charge is 0.416 e. The number of benzene rings is 1. The maximum Gasteiger partial charge on any atom is 0.416 e. The van der Waals surface area contributed by atoms with Crippen molar-refractivity contribution in [2.24, 2.45) is 5.73 Å². The number of halogens is 4. The fourth-order valence-corrected chi connectivity index (χ4v) is 4.25. The van der Waals surface area contributed by atoms with Gasteiger partial charge >= 0.3 is 6.18 Å². The van der Waals surface area contributed by atoms with Crippen LogP contribution in [0.15, 0.2) is 43.0 Å².